The van der Waals surface area contributed by atoms with E-state index in [9.17, 15) is 15.3 Å². The van der Waals surface area contributed by atoms with E-state index < -0.39 is 18.3 Å². The maximum atomic E-state index is 10.9. The third-order valence-electron chi connectivity index (χ3n) is 5.53. The zero-order valence-corrected chi connectivity index (χ0v) is 14.1. The van der Waals surface area contributed by atoms with Gasteiger partial charge < -0.3 is 20.1 Å². The van der Waals surface area contributed by atoms with Crippen molar-refractivity contribution in [2.24, 2.45) is 11.8 Å². The first kappa shape index (κ1) is 17.7. The SMILES string of the molecule is C=CC(O)C1/C=C/C[C@@H]2[C@@H](O)[C@@H](CO1)CC(/C=C/O)N2CC1CC1. The van der Waals surface area contributed by atoms with E-state index in [-0.39, 0.29) is 18.0 Å². The Labute approximate surface area is 143 Å². The van der Waals surface area contributed by atoms with Crippen molar-refractivity contribution in [2.45, 2.75) is 56.1 Å². The van der Waals surface area contributed by atoms with Gasteiger partial charge in [-0.2, -0.15) is 0 Å². The van der Waals surface area contributed by atoms with Gasteiger partial charge in [0.05, 0.1) is 19.0 Å². The van der Waals surface area contributed by atoms with E-state index >= 15 is 0 Å². The van der Waals surface area contributed by atoms with Gasteiger partial charge in [0.15, 0.2) is 0 Å². The number of rotatable bonds is 5. The van der Waals surface area contributed by atoms with Crippen LogP contribution in [0.4, 0.5) is 0 Å². The van der Waals surface area contributed by atoms with Crippen molar-refractivity contribution in [3.05, 3.63) is 37.1 Å². The Bertz CT molecular complexity index is 488. The molecule has 2 bridgehead atoms. The van der Waals surface area contributed by atoms with Crippen molar-refractivity contribution in [3.63, 3.8) is 0 Å². The summed E-state index contributed by atoms with van der Waals surface area (Å²) in [4.78, 5) is 2.35. The minimum atomic E-state index is -0.743. The van der Waals surface area contributed by atoms with Gasteiger partial charge in [0.2, 0.25) is 0 Å². The number of piperidine rings is 1. The molecule has 3 N–H and O–H groups in total. The topological polar surface area (TPSA) is 73.2 Å². The Morgan fingerprint density at radius 1 is 1.38 bits per heavy atom. The average molecular weight is 335 g/mol. The molecule has 2 fully saturated rings. The standard InChI is InChI=1S/C19H29NO4/c1-2-17(22)18-5-3-4-16-19(23)14(12-24-18)10-15(8-9-21)20(16)11-13-6-7-13/h2-3,5,8-9,13-19,21-23H,1,4,6-7,10-12H2/b5-3+,9-8+/t14-,15?,16-,17?,18?,19+/m1/s1. The zero-order chi connectivity index (χ0) is 17.1. The second-order valence-electron chi connectivity index (χ2n) is 7.29. The smallest absolute Gasteiger partial charge is 0.105 e. The number of aliphatic hydroxyl groups is 3. The van der Waals surface area contributed by atoms with E-state index in [1.807, 2.05) is 18.2 Å². The molecule has 3 aliphatic rings. The number of ether oxygens (including phenoxy) is 1. The van der Waals surface area contributed by atoms with Crippen LogP contribution >= 0.6 is 0 Å². The Morgan fingerprint density at radius 3 is 2.83 bits per heavy atom. The van der Waals surface area contributed by atoms with Crippen LogP contribution in [0.3, 0.4) is 0 Å². The first-order chi connectivity index (χ1) is 11.6. The largest absolute Gasteiger partial charge is 0.516 e. The summed E-state index contributed by atoms with van der Waals surface area (Å²) < 4.78 is 5.85. The fourth-order valence-corrected chi connectivity index (χ4v) is 3.93. The summed E-state index contributed by atoms with van der Waals surface area (Å²) in [7, 11) is 0. The maximum absolute atomic E-state index is 10.9. The van der Waals surface area contributed by atoms with Crippen molar-refractivity contribution in [1.29, 1.82) is 0 Å². The average Bonchev–Trinajstić information content (AvgIpc) is 3.38. The van der Waals surface area contributed by atoms with Gasteiger partial charge in [-0.05, 0) is 37.7 Å². The number of fused-ring (bicyclic) bond motifs is 2. The molecule has 0 amide bonds. The highest BCUT2D eigenvalue weighted by Crippen LogP contribution is 2.37. The van der Waals surface area contributed by atoms with Gasteiger partial charge in [-0.15, -0.1) is 6.58 Å². The minimum absolute atomic E-state index is 0.00827. The number of likely N-dealkylation sites (tertiary alicyclic amines) is 1. The molecule has 5 nitrogen and oxygen atoms in total. The molecule has 3 rings (SSSR count). The highest BCUT2D eigenvalue weighted by atomic mass is 16.5. The summed E-state index contributed by atoms with van der Waals surface area (Å²) in [6.07, 6.45) is 10.7. The monoisotopic (exact) mass is 335 g/mol. The van der Waals surface area contributed by atoms with E-state index in [2.05, 4.69) is 11.5 Å². The predicted octanol–water partition coefficient (Wildman–Crippen LogP) is 1.78. The molecule has 0 aromatic heterocycles. The summed E-state index contributed by atoms with van der Waals surface area (Å²) in [5.41, 5.74) is 0. The lowest BCUT2D eigenvalue weighted by molar-refractivity contribution is -0.0873. The fraction of sp³-hybridized carbons (Fsp3) is 0.684. The van der Waals surface area contributed by atoms with Crippen LogP contribution in [-0.2, 0) is 4.74 Å². The zero-order valence-electron chi connectivity index (χ0n) is 14.1. The predicted molar refractivity (Wildman–Crippen MR) is 92.6 cm³/mol. The van der Waals surface area contributed by atoms with Gasteiger partial charge in [0.25, 0.3) is 0 Å². The van der Waals surface area contributed by atoms with Gasteiger partial charge in [-0.1, -0.05) is 18.2 Å². The van der Waals surface area contributed by atoms with Crippen LogP contribution in [0.2, 0.25) is 0 Å². The van der Waals surface area contributed by atoms with Crippen LogP contribution in [0.5, 0.6) is 0 Å². The molecule has 24 heavy (non-hydrogen) atoms. The summed E-state index contributed by atoms with van der Waals surface area (Å²) in [6.45, 7) is 4.99. The number of aliphatic hydroxyl groups excluding tert-OH is 3. The van der Waals surface area contributed by atoms with E-state index in [0.717, 1.165) is 19.2 Å². The first-order valence-electron chi connectivity index (χ1n) is 8.97. The Balaban J connectivity index is 1.81. The van der Waals surface area contributed by atoms with Crippen LogP contribution in [0.25, 0.3) is 0 Å². The molecule has 0 radical (unpaired) electrons. The highest BCUT2D eigenvalue weighted by Gasteiger charge is 2.43. The second kappa shape index (κ2) is 7.83. The van der Waals surface area contributed by atoms with E-state index in [0.29, 0.717) is 18.9 Å². The Kier molecular flexibility index (Phi) is 5.76. The lowest BCUT2D eigenvalue weighted by Crippen LogP contribution is -2.57. The molecule has 0 aromatic carbocycles. The number of hydrogen-bond acceptors (Lipinski definition) is 5. The lowest BCUT2D eigenvalue weighted by Gasteiger charge is -2.47. The van der Waals surface area contributed by atoms with Crippen LogP contribution in [0, 0.1) is 11.8 Å². The number of nitrogens with zero attached hydrogens (tertiary/aromatic N) is 1. The number of hydrogen-bond donors (Lipinski definition) is 3. The molecule has 6 atom stereocenters. The summed E-state index contributed by atoms with van der Waals surface area (Å²) >= 11 is 0. The van der Waals surface area contributed by atoms with Gasteiger partial charge >= 0.3 is 0 Å². The van der Waals surface area contributed by atoms with Gasteiger partial charge in [-0.25, -0.2) is 0 Å². The van der Waals surface area contributed by atoms with Crippen molar-refractivity contribution >= 4 is 0 Å². The summed E-state index contributed by atoms with van der Waals surface area (Å²) in [6, 6.07) is 0.136. The maximum Gasteiger partial charge on any atom is 0.105 e. The fourth-order valence-electron chi connectivity index (χ4n) is 3.93. The minimum Gasteiger partial charge on any atom is -0.516 e. The van der Waals surface area contributed by atoms with Crippen LogP contribution in [0.15, 0.2) is 37.1 Å². The Hall–Kier alpha value is -1.14. The van der Waals surface area contributed by atoms with Gasteiger partial charge in [0, 0.05) is 24.5 Å². The second-order valence-corrected chi connectivity index (χ2v) is 7.29. The van der Waals surface area contributed by atoms with E-state index in [1.54, 1.807) is 0 Å². The molecule has 0 spiro atoms. The van der Waals surface area contributed by atoms with Crippen molar-refractivity contribution < 1.29 is 20.1 Å². The van der Waals surface area contributed by atoms with Crippen molar-refractivity contribution in [2.75, 3.05) is 13.2 Å². The van der Waals surface area contributed by atoms with Gasteiger partial charge in [-0.3, -0.25) is 4.90 Å². The highest BCUT2D eigenvalue weighted by molar-refractivity contribution is 5.08. The first-order valence-corrected chi connectivity index (χ1v) is 8.97. The van der Waals surface area contributed by atoms with Crippen molar-refractivity contribution in [1.82, 2.24) is 4.90 Å². The van der Waals surface area contributed by atoms with Crippen molar-refractivity contribution in [3.8, 4) is 0 Å². The normalized spacial score (nSPS) is 40.5. The quantitative estimate of drug-likeness (QED) is 0.528. The summed E-state index contributed by atoms with van der Waals surface area (Å²) in [5.74, 6) is 0.706. The molecule has 1 aliphatic carbocycles. The molecule has 5 heteroatoms. The Morgan fingerprint density at radius 2 is 2.17 bits per heavy atom. The third-order valence-corrected chi connectivity index (χ3v) is 5.53. The molecule has 0 aromatic rings. The molecular formula is C19H29NO4. The van der Waals surface area contributed by atoms with Crippen LogP contribution in [0.1, 0.15) is 25.7 Å². The molecule has 1 saturated heterocycles. The molecule has 3 unspecified atom stereocenters. The van der Waals surface area contributed by atoms with Crippen LogP contribution < -0.4 is 0 Å². The van der Waals surface area contributed by atoms with Gasteiger partial charge in [0.1, 0.15) is 12.2 Å². The van der Waals surface area contributed by atoms with Crippen LogP contribution in [-0.4, -0.2) is 63.8 Å². The van der Waals surface area contributed by atoms with E-state index in [1.165, 1.54) is 18.9 Å². The molecule has 1 saturated carbocycles. The molecule has 2 aliphatic heterocycles. The summed E-state index contributed by atoms with van der Waals surface area (Å²) in [5, 5.41) is 30.2. The third kappa shape index (κ3) is 3.91. The van der Waals surface area contributed by atoms with E-state index in [4.69, 9.17) is 4.74 Å². The molecular weight excluding hydrogens is 306 g/mol. The lowest BCUT2D eigenvalue weighted by atomic mass is 9.82. The molecule has 134 valence electrons. The molecule has 2 heterocycles.